The Balaban J connectivity index is 2.33. The first-order valence-corrected chi connectivity index (χ1v) is 6.34. The molecule has 1 rings (SSSR count). The molecule has 7 heteroatoms. The number of ether oxygens (including phenoxy) is 1. The smallest absolute Gasteiger partial charge is 0.393 e. The van der Waals surface area contributed by atoms with E-state index in [1.165, 1.54) is 12.1 Å². The lowest BCUT2D eigenvalue weighted by atomic mass is 10.1. The van der Waals surface area contributed by atoms with Crippen LogP contribution in [0, 0.1) is 5.82 Å². The number of aliphatic hydroxyl groups excluding tert-OH is 1. The van der Waals surface area contributed by atoms with Crippen LogP contribution in [0.1, 0.15) is 12.0 Å². The van der Waals surface area contributed by atoms with Gasteiger partial charge < -0.3 is 9.84 Å². The Morgan fingerprint density at radius 1 is 1.32 bits per heavy atom. The van der Waals surface area contributed by atoms with Gasteiger partial charge in [0.25, 0.3) is 0 Å². The zero-order valence-corrected chi connectivity index (χ0v) is 11.5. The second-order valence-corrected chi connectivity index (χ2v) is 4.97. The second-order valence-electron chi connectivity index (χ2n) is 4.05. The Kier molecular flexibility index (Phi) is 6.22. The summed E-state index contributed by atoms with van der Waals surface area (Å²) < 4.78 is 53.7. The molecular weight excluding hydrogens is 332 g/mol. The van der Waals surface area contributed by atoms with Gasteiger partial charge in [-0.2, -0.15) is 13.2 Å². The van der Waals surface area contributed by atoms with E-state index in [2.05, 4.69) is 20.7 Å². The first kappa shape index (κ1) is 16.4. The molecule has 2 nitrogen and oxygen atoms in total. The van der Waals surface area contributed by atoms with Crippen LogP contribution >= 0.6 is 15.9 Å². The molecule has 0 saturated carbocycles. The van der Waals surface area contributed by atoms with Gasteiger partial charge in [-0.3, -0.25) is 0 Å². The van der Waals surface area contributed by atoms with E-state index in [-0.39, 0.29) is 19.4 Å². The summed E-state index contributed by atoms with van der Waals surface area (Å²) in [6, 6.07) is 4.41. The number of rotatable bonds is 6. The van der Waals surface area contributed by atoms with Gasteiger partial charge in [-0.25, -0.2) is 4.39 Å². The molecule has 0 saturated heterocycles. The summed E-state index contributed by atoms with van der Waals surface area (Å²) in [4.78, 5) is 0. The molecule has 0 amide bonds. The lowest BCUT2D eigenvalue weighted by Crippen LogP contribution is -2.20. The lowest BCUT2D eigenvalue weighted by molar-refractivity contribution is -0.175. The maximum Gasteiger partial charge on any atom is 0.411 e. The largest absolute Gasteiger partial charge is 0.411 e. The fourth-order valence-electron chi connectivity index (χ4n) is 1.45. The monoisotopic (exact) mass is 344 g/mol. The van der Waals surface area contributed by atoms with Crippen LogP contribution in [0.25, 0.3) is 0 Å². The molecule has 0 radical (unpaired) electrons. The highest BCUT2D eigenvalue weighted by atomic mass is 79.9. The molecule has 108 valence electrons. The predicted molar refractivity (Wildman–Crippen MR) is 65.3 cm³/mol. The van der Waals surface area contributed by atoms with E-state index in [1.807, 2.05) is 0 Å². The van der Waals surface area contributed by atoms with Crippen molar-refractivity contribution in [2.75, 3.05) is 13.2 Å². The van der Waals surface area contributed by atoms with Crippen molar-refractivity contribution in [2.24, 2.45) is 0 Å². The van der Waals surface area contributed by atoms with E-state index in [0.717, 1.165) is 0 Å². The van der Waals surface area contributed by atoms with Gasteiger partial charge in [-0.05, 0) is 24.1 Å². The van der Waals surface area contributed by atoms with E-state index in [9.17, 15) is 22.7 Å². The average Bonchev–Trinajstić information content (AvgIpc) is 2.27. The number of hydrogen-bond acceptors (Lipinski definition) is 2. The molecule has 1 aromatic rings. The van der Waals surface area contributed by atoms with Crippen molar-refractivity contribution in [1.82, 2.24) is 0 Å². The molecule has 1 aromatic carbocycles. The lowest BCUT2D eigenvalue weighted by Gasteiger charge is -2.12. The minimum atomic E-state index is -4.37. The summed E-state index contributed by atoms with van der Waals surface area (Å²) >= 11 is 3.10. The van der Waals surface area contributed by atoms with Crippen LogP contribution in [-0.2, 0) is 11.2 Å². The Labute approximate surface area is 116 Å². The number of benzene rings is 1. The molecular formula is C12H13BrF4O2. The molecule has 0 aliphatic heterocycles. The molecule has 0 fully saturated rings. The van der Waals surface area contributed by atoms with Gasteiger partial charge in [-0.15, -0.1) is 0 Å². The Morgan fingerprint density at radius 2 is 2.00 bits per heavy atom. The van der Waals surface area contributed by atoms with Crippen LogP contribution in [0.3, 0.4) is 0 Å². The minimum absolute atomic E-state index is 0.0194. The van der Waals surface area contributed by atoms with Crippen LogP contribution in [0.4, 0.5) is 17.6 Å². The van der Waals surface area contributed by atoms with Crippen molar-refractivity contribution in [3.63, 3.8) is 0 Å². The molecule has 0 bridgehead atoms. The quantitative estimate of drug-likeness (QED) is 0.632. The zero-order chi connectivity index (χ0) is 14.5. The zero-order valence-electron chi connectivity index (χ0n) is 9.88. The van der Waals surface area contributed by atoms with Crippen LogP contribution in [0.5, 0.6) is 0 Å². The molecule has 1 N–H and O–H groups in total. The molecule has 0 spiro atoms. The van der Waals surface area contributed by atoms with Crippen LogP contribution < -0.4 is 0 Å². The summed E-state index contributed by atoms with van der Waals surface area (Å²) in [5.41, 5.74) is 0.312. The molecule has 0 aliphatic carbocycles. The van der Waals surface area contributed by atoms with Crippen molar-refractivity contribution in [1.29, 1.82) is 0 Å². The van der Waals surface area contributed by atoms with E-state index in [0.29, 0.717) is 10.0 Å². The van der Waals surface area contributed by atoms with Gasteiger partial charge in [0.15, 0.2) is 0 Å². The van der Waals surface area contributed by atoms with Crippen molar-refractivity contribution in [2.45, 2.75) is 25.1 Å². The Morgan fingerprint density at radius 3 is 2.58 bits per heavy atom. The normalized spacial score (nSPS) is 13.6. The Hall–Kier alpha value is -0.660. The van der Waals surface area contributed by atoms with Crippen molar-refractivity contribution in [3.8, 4) is 0 Å². The highest BCUT2D eigenvalue weighted by Gasteiger charge is 2.27. The SMILES string of the molecule is OC(CCOCC(F)(F)F)Cc1ccc(Br)cc1F. The molecule has 0 aliphatic rings. The van der Waals surface area contributed by atoms with Crippen LogP contribution in [0.15, 0.2) is 22.7 Å². The van der Waals surface area contributed by atoms with Gasteiger partial charge in [0.1, 0.15) is 12.4 Å². The maximum atomic E-state index is 13.4. The predicted octanol–water partition coefficient (Wildman–Crippen LogP) is 3.46. The minimum Gasteiger partial charge on any atom is -0.393 e. The van der Waals surface area contributed by atoms with Crippen molar-refractivity contribution < 1.29 is 27.4 Å². The summed E-state index contributed by atoms with van der Waals surface area (Å²) in [7, 11) is 0. The molecule has 0 heterocycles. The van der Waals surface area contributed by atoms with Gasteiger partial charge in [-0.1, -0.05) is 22.0 Å². The van der Waals surface area contributed by atoms with E-state index in [4.69, 9.17) is 0 Å². The van der Waals surface area contributed by atoms with Crippen molar-refractivity contribution >= 4 is 15.9 Å². The number of alkyl halides is 3. The van der Waals surface area contributed by atoms with Crippen molar-refractivity contribution in [3.05, 3.63) is 34.1 Å². The van der Waals surface area contributed by atoms with E-state index >= 15 is 0 Å². The Bertz CT molecular complexity index is 409. The first-order chi connectivity index (χ1) is 8.78. The van der Waals surface area contributed by atoms with Gasteiger partial charge in [0.05, 0.1) is 6.10 Å². The van der Waals surface area contributed by atoms with E-state index in [1.54, 1.807) is 6.07 Å². The fourth-order valence-corrected chi connectivity index (χ4v) is 1.78. The standard InChI is InChI=1S/C12H13BrF4O2/c13-9-2-1-8(11(14)6-9)5-10(18)3-4-19-7-12(15,16)17/h1-2,6,10,18H,3-5,7H2. The van der Waals surface area contributed by atoms with Gasteiger partial charge >= 0.3 is 6.18 Å². The third kappa shape index (κ3) is 6.89. The summed E-state index contributed by atoms with van der Waals surface area (Å²) in [6.07, 6.45) is -5.26. The molecule has 1 unspecified atom stereocenters. The van der Waals surface area contributed by atoms with E-state index < -0.39 is 24.7 Å². The topological polar surface area (TPSA) is 29.5 Å². The summed E-state index contributed by atoms with van der Waals surface area (Å²) in [5.74, 6) is -0.468. The van der Waals surface area contributed by atoms with Crippen LogP contribution in [-0.4, -0.2) is 30.6 Å². The molecule has 0 aromatic heterocycles. The average molecular weight is 345 g/mol. The van der Waals surface area contributed by atoms with Crippen LogP contribution in [0.2, 0.25) is 0 Å². The third-order valence-electron chi connectivity index (χ3n) is 2.33. The third-order valence-corrected chi connectivity index (χ3v) is 2.83. The summed E-state index contributed by atoms with van der Waals surface area (Å²) in [6.45, 7) is -1.56. The number of aliphatic hydroxyl groups is 1. The maximum absolute atomic E-state index is 13.4. The van der Waals surface area contributed by atoms with Gasteiger partial charge in [0, 0.05) is 17.5 Å². The highest BCUT2D eigenvalue weighted by molar-refractivity contribution is 9.10. The number of halogens is 5. The highest BCUT2D eigenvalue weighted by Crippen LogP contribution is 2.18. The van der Waals surface area contributed by atoms with Gasteiger partial charge in [0.2, 0.25) is 0 Å². The molecule has 19 heavy (non-hydrogen) atoms. The molecule has 1 atom stereocenters. The summed E-state index contributed by atoms with van der Waals surface area (Å²) in [5, 5.41) is 9.59. The second kappa shape index (κ2) is 7.21. The fraction of sp³-hybridized carbons (Fsp3) is 0.500. The first-order valence-electron chi connectivity index (χ1n) is 5.54. The number of hydrogen-bond donors (Lipinski definition) is 1.